The summed E-state index contributed by atoms with van der Waals surface area (Å²) in [4.78, 5) is 37.1. The lowest BCUT2D eigenvalue weighted by Crippen LogP contribution is -2.59. The second kappa shape index (κ2) is 4.29. The van der Waals surface area contributed by atoms with Gasteiger partial charge in [-0.15, -0.1) is 0 Å². The lowest BCUT2D eigenvalue weighted by Gasteiger charge is -2.38. The summed E-state index contributed by atoms with van der Waals surface area (Å²) in [6.07, 6.45) is 1.56. The number of carbonyl (C=O) groups is 2. The van der Waals surface area contributed by atoms with Crippen LogP contribution in [0.5, 0.6) is 0 Å². The molecule has 18 heavy (non-hydrogen) atoms. The van der Waals surface area contributed by atoms with Crippen LogP contribution in [-0.2, 0) is 4.79 Å². The number of pyridine rings is 1. The number of amides is 1. The molecule has 1 aromatic heterocycles. The minimum atomic E-state index is -1.20. The number of carboxylic acid groups (broad SMARTS) is 1. The number of rotatable bonds is 3. The fraction of sp³-hybridized carbons (Fsp3) is 0.417. The zero-order valence-electron chi connectivity index (χ0n) is 9.95. The fourth-order valence-electron chi connectivity index (χ4n) is 1.96. The van der Waals surface area contributed by atoms with E-state index in [0.29, 0.717) is 18.5 Å². The number of carboxylic acids is 1. The largest absolute Gasteiger partial charge is 0.480 e. The van der Waals surface area contributed by atoms with E-state index in [1.165, 1.54) is 6.07 Å². The van der Waals surface area contributed by atoms with Crippen LogP contribution >= 0.6 is 0 Å². The minimum Gasteiger partial charge on any atom is -0.480 e. The first-order chi connectivity index (χ1) is 8.44. The molecule has 0 bridgehead atoms. The normalized spacial score (nSPS) is 16.7. The molecule has 1 fully saturated rings. The molecule has 0 radical (unpaired) electrons. The van der Waals surface area contributed by atoms with Crippen molar-refractivity contribution in [3.05, 3.63) is 33.7 Å². The number of carbonyl (C=O) groups excluding carboxylic acids is 1. The van der Waals surface area contributed by atoms with E-state index in [4.69, 9.17) is 5.11 Å². The molecule has 0 saturated heterocycles. The van der Waals surface area contributed by atoms with Crippen LogP contribution in [-0.4, -0.2) is 27.5 Å². The molecule has 6 nitrogen and oxygen atoms in total. The maximum Gasteiger partial charge on any atom is 0.329 e. The molecule has 6 heteroatoms. The maximum absolute atomic E-state index is 11.9. The summed E-state index contributed by atoms with van der Waals surface area (Å²) in [6.45, 7) is 1.70. The maximum atomic E-state index is 11.9. The van der Waals surface area contributed by atoms with Gasteiger partial charge in [-0.25, -0.2) is 4.79 Å². The van der Waals surface area contributed by atoms with E-state index in [9.17, 15) is 14.4 Å². The van der Waals surface area contributed by atoms with Crippen molar-refractivity contribution in [3.8, 4) is 0 Å². The van der Waals surface area contributed by atoms with Crippen LogP contribution in [0.1, 0.15) is 35.3 Å². The van der Waals surface area contributed by atoms with E-state index in [1.54, 1.807) is 13.0 Å². The molecule has 0 spiro atoms. The Labute approximate surface area is 103 Å². The monoisotopic (exact) mass is 250 g/mol. The van der Waals surface area contributed by atoms with Gasteiger partial charge in [-0.3, -0.25) is 9.59 Å². The third kappa shape index (κ3) is 2.01. The quantitative estimate of drug-likeness (QED) is 0.723. The number of hydrogen-bond donors (Lipinski definition) is 3. The average molecular weight is 250 g/mol. The number of nitrogens with one attached hydrogen (secondary N) is 2. The highest BCUT2D eigenvalue weighted by molar-refractivity contribution is 5.97. The molecule has 1 aliphatic carbocycles. The van der Waals surface area contributed by atoms with Crippen LogP contribution in [0.25, 0.3) is 0 Å². The van der Waals surface area contributed by atoms with Crippen LogP contribution in [0, 0.1) is 6.92 Å². The molecule has 96 valence electrons. The molecule has 0 unspecified atom stereocenters. The van der Waals surface area contributed by atoms with Crippen LogP contribution in [0.15, 0.2) is 16.9 Å². The number of H-pyrrole nitrogens is 1. The van der Waals surface area contributed by atoms with Crippen molar-refractivity contribution in [1.29, 1.82) is 0 Å². The molecular formula is C12H14N2O4. The summed E-state index contributed by atoms with van der Waals surface area (Å²) in [7, 11) is 0. The van der Waals surface area contributed by atoms with E-state index in [-0.39, 0.29) is 5.56 Å². The Kier molecular flexibility index (Phi) is 2.94. The first kappa shape index (κ1) is 12.3. The van der Waals surface area contributed by atoms with Crippen LogP contribution in [0.4, 0.5) is 0 Å². The molecule has 1 saturated carbocycles. The molecule has 2 rings (SSSR count). The summed E-state index contributed by atoms with van der Waals surface area (Å²) in [5.74, 6) is -1.69. The Balaban J connectivity index is 2.22. The Bertz CT molecular complexity index is 557. The molecule has 0 aliphatic heterocycles. The Morgan fingerprint density at radius 2 is 2.06 bits per heavy atom. The Morgan fingerprint density at radius 3 is 2.50 bits per heavy atom. The Hall–Kier alpha value is -2.11. The summed E-state index contributed by atoms with van der Waals surface area (Å²) in [5, 5.41) is 11.5. The molecule has 0 aromatic carbocycles. The molecular weight excluding hydrogens is 236 g/mol. The predicted octanol–water partition coefficient (Wildman–Crippen LogP) is 0.420. The molecule has 3 N–H and O–H groups in total. The number of aromatic amines is 1. The van der Waals surface area contributed by atoms with Crippen molar-refractivity contribution in [2.75, 3.05) is 0 Å². The van der Waals surface area contributed by atoms with Gasteiger partial charge < -0.3 is 15.4 Å². The third-order valence-corrected chi connectivity index (χ3v) is 3.27. The number of aromatic nitrogens is 1. The van der Waals surface area contributed by atoms with Crippen LogP contribution < -0.4 is 10.9 Å². The van der Waals surface area contributed by atoms with Crippen molar-refractivity contribution in [3.63, 3.8) is 0 Å². The molecule has 1 heterocycles. The van der Waals surface area contributed by atoms with Gasteiger partial charge in [-0.2, -0.15) is 0 Å². The van der Waals surface area contributed by atoms with Crippen LogP contribution in [0.3, 0.4) is 0 Å². The second-order valence-electron chi connectivity index (χ2n) is 4.58. The van der Waals surface area contributed by atoms with Gasteiger partial charge in [-0.05, 0) is 38.3 Å². The number of hydrogen-bond acceptors (Lipinski definition) is 3. The number of aryl methyl sites for hydroxylation is 1. The van der Waals surface area contributed by atoms with Gasteiger partial charge in [0.15, 0.2) is 0 Å². The van der Waals surface area contributed by atoms with Gasteiger partial charge in [0.1, 0.15) is 11.1 Å². The van der Waals surface area contributed by atoms with Gasteiger partial charge in [0.05, 0.1) is 0 Å². The van der Waals surface area contributed by atoms with Crippen molar-refractivity contribution in [1.82, 2.24) is 10.3 Å². The first-order valence-corrected chi connectivity index (χ1v) is 5.70. The zero-order valence-corrected chi connectivity index (χ0v) is 9.95. The van der Waals surface area contributed by atoms with Gasteiger partial charge >= 0.3 is 5.97 Å². The predicted molar refractivity (Wildman–Crippen MR) is 63.5 cm³/mol. The zero-order chi connectivity index (χ0) is 13.3. The molecule has 0 atom stereocenters. The summed E-state index contributed by atoms with van der Waals surface area (Å²) >= 11 is 0. The van der Waals surface area contributed by atoms with Gasteiger partial charge in [0.25, 0.3) is 11.5 Å². The average Bonchev–Trinajstić information content (AvgIpc) is 2.22. The van der Waals surface area contributed by atoms with E-state index >= 15 is 0 Å². The highest BCUT2D eigenvalue weighted by Crippen LogP contribution is 2.32. The summed E-state index contributed by atoms with van der Waals surface area (Å²) in [6, 6.07) is 3.00. The van der Waals surface area contributed by atoms with E-state index in [1.807, 2.05) is 0 Å². The summed E-state index contributed by atoms with van der Waals surface area (Å²) in [5.41, 5.74) is -1.12. The van der Waals surface area contributed by atoms with Crippen molar-refractivity contribution < 1.29 is 14.7 Å². The van der Waals surface area contributed by atoms with E-state index in [2.05, 4.69) is 10.3 Å². The molecule has 1 aliphatic rings. The third-order valence-electron chi connectivity index (χ3n) is 3.27. The lowest BCUT2D eigenvalue weighted by molar-refractivity contribution is -0.148. The van der Waals surface area contributed by atoms with E-state index in [0.717, 1.165) is 6.42 Å². The van der Waals surface area contributed by atoms with Crippen LogP contribution in [0.2, 0.25) is 0 Å². The van der Waals surface area contributed by atoms with Crippen molar-refractivity contribution in [2.24, 2.45) is 0 Å². The Morgan fingerprint density at radius 1 is 1.39 bits per heavy atom. The lowest BCUT2D eigenvalue weighted by atomic mass is 9.76. The highest BCUT2D eigenvalue weighted by Gasteiger charge is 2.45. The minimum absolute atomic E-state index is 0.0619. The summed E-state index contributed by atoms with van der Waals surface area (Å²) < 4.78 is 0. The standard InChI is InChI=1S/C12H14N2O4/c1-7-3-4-8(9(15)13-7)10(16)14-12(11(17)18)5-2-6-12/h3-4H,2,5-6H2,1H3,(H,13,15)(H,14,16)(H,17,18). The topological polar surface area (TPSA) is 99.3 Å². The SMILES string of the molecule is Cc1ccc(C(=O)NC2(C(=O)O)CCC2)c(=O)[nH]1. The van der Waals surface area contributed by atoms with Gasteiger partial charge in [-0.1, -0.05) is 0 Å². The van der Waals surface area contributed by atoms with Crippen molar-refractivity contribution >= 4 is 11.9 Å². The van der Waals surface area contributed by atoms with E-state index < -0.39 is 23.0 Å². The van der Waals surface area contributed by atoms with Gasteiger partial charge in [0.2, 0.25) is 0 Å². The van der Waals surface area contributed by atoms with Crippen molar-refractivity contribution in [2.45, 2.75) is 31.7 Å². The first-order valence-electron chi connectivity index (χ1n) is 5.70. The number of aliphatic carboxylic acids is 1. The molecule has 1 amide bonds. The second-order valence-corrected chi connectivity index (χ2v) is 4.58. The smallest absolute Gasteiger partial charge is 0.329 e. The molecule has 1 aromatic rings. The fourth-order valence-corrected chi connectivity index (χ4v) is 1.96. The highest BCUT2D eigenvalue weighted by atomic mass is 16.4. The van der Waals surface area contributed by atoms with Gasteiger partial charge in [0, 0.05) is 5.69 Å².